The fraction of sp³-hybridized carbons (Fsp3) is 0.286. The Hall–Kier alpha value is -2.34. The smallest absolute Gasteiger partial charge is 0.359 e. The second kappa shape index (κ2) is 5.34. The van der Waals surface area contributed by atoms with E-state index in [1.54, 1.807) is 29.1 Å². The number of carbonyl (C=O) groups excluding carboxylic acids is 1. The molecule has 1 unspecified atom stereocenters. The number of rotatable bonds is 3. The van der Waals surface area contributed by atoms with E-state index in [1.165, 1.54) is 0 Å². The van der Waals surface area contributed by atoms with Crippen LogP contribution in [0.25, 0.3) is 5.69 Å². The lowest BCUT2D eigenvalue weighted by Gasteiger charge is -2.08. The monoisotopic (exact) mass is 273 g/mol. The fourth-order valence-corrected chi connectivity index (χ4v) is 2.06. The third-order valence-corrected chi connectivity index (χ3v) is 3.09. The number of hydrogen-bond donors (Lipinski definition) is 1. The molecule has 0 radical (unpaired) electrons. The second-order valence-corrected chi connectivity index (χ2v) is 4.63. The van der Waals surface area contributed by atoms with Gasteiger partial charge in [-0.2, -0.15) is 5.10 Å². The van der Waals surface area contributed by atoms with E-state index in [-0.39, 0.29) is 11.8 Å². The number of nitrogen functional groups attached to an aromatic ring is 1. The molecule has 6 heteroatoms. The molecule has 1 aliphatic rings. The van der Waals surface area contributed by atoms with Crippen molar-refractivity contribution in [2.45, 2.75) is 12.5 Å². The summed E-state index contributed by atoms with van der Waals surface area (Å²) in [6.45, 7) is 1.09. The van der Waals surface area contributed by atoms with Crippen molar-refractivity contribution in [1.29, 1.82) is 0 Å². The molecule has 0 aliphatic carbocycles. The van der Waals surface area contributed by atoms with Crippen LogP contribution < -0.4 is 5.73 Å². The van der Waals surface area contributed by atoms with Gasteiger partial charge in [0.25, 0.3) is 0 Å². The van der Waals surface area contributed by atoms with Crippen LogP contribution in [0.15, 0.2) is 36.5 Å². The Balaban J connectivity index is 1.74. The van der Waals surface area contributed by atoms with Crippen molar-refractivity contribution in [1.82, 2.24) is 9.78 Å². The SMILES string of the molecule is Nc1cccc(-n2ccc(C(=O)OC3CCOC3)n2)c1. The molecule has 3 rings (SSSR count). The zero-order valence-electron chi connectivity index (χ0n) is 10.9. The summed E-state index contributed by atoms with van der Waals surface area (Å²) in [5.74, 6) is -0.428. The molecule has 1 atom stereocenters. The Bertz CT molecular complexity index is 618. The molecule has 1 aliphatic heterocycles. The van der Waals surface area contributed by atoms with Crippen LogP contribution in [0.2, 0.25) is 0 Å². The summed E-state index contributed by atoms with van der Waals surface area (Å²) < 4.78 is 12.1. The van der Waals surface area contributed by atoms with Gasteiger partial charge >= 0.3 is 5.97 Å². The Kier molecular flexibility index (Phi) is 3.39. The number of ether oxygens (including phenoxy) is 2. The number of aromatic nitrogens is 2. The molecule has 104 valence electrons. The first kappa shape index (κ1) is 12.7. The van der Waals surface area contributed by atoms with E-state index in [2.05, 4.69) is 5.10 Å². The Morgan fingerprint density at radius 1 is 1.45 bits per heavy atom. The highest BCUT2D eigenvalue weighted by molar-refractivity contribution is 5.87. The molecule has 2 heterocycles. The average molecular weight is 273 g/mol. The largest absolute Gasteiger partial charge is 0.455 e. The molecule has 2 N–H and O–H groups in total. The molecule has 1 saturated heterocycles. The number of nitrogens with two attached hydrogens (primary N) is 1. The fourth-order valence-electron chi connectivity index (χ4n) is 2.06. The van der Waals surface area contributed by atoms with Crippen molar-refractivity contribution in [3.05, 3.63) is 42.2 Å². The highest BCUT2D eigenvalue weighted by Gasteiger charge is 2.22. The third kappa shape index (κ3) is 2.65. The summed E-state index contributed by atoms with van der Waals surface area (Å²) >= 11 is 0. The minimum Gasteiger partial charge on any atom is -0.455 e. The van der Waals surface area contributed by atoms with Gasteiger partial charge in [0, 0.05) is 18.3 Å². The van der Waals surface area contributed by atoms with Gasteiger partial charge in [-0.1, -0.05) is 6.07 Å². The predicted molar refractivity (Wildman–Crippen MR) is 72.6 cm³/mol. The first-order valence-corrected chi connectivity index (χ1v) is 6.43. The number of benzene rings is 1. The van der Waals surface area contributed by atoms with Crippen LogP contribution in [0.1, 0.15) is 16.9 Å². The number of nitrogens with zero attached hydrogens (tertiary/aromatic N) is 2. The summed E-state index contributed by atoms with van der Waals surface area (Å²) in [6.07, 6.45) is 2.28. The lowest BCUT2D eigenvalue weighted by Crippen LogP contribution is -2.18. The van der Waals surface area contributed by atoms with Crippen LogP contribution in [0.5, 0.6) is 0 Å². The number of esters is 1. The lowest BCUT2D eigenvalue weighted by atomic mass is 10.3. The normalized spacial score (nSPS) is 18.1. The van der Waals surface area contributed by atoms with Gasteiger partial charge in [-0.25, -0.2) is 9.48 Å². The van der Waals surface area contributed by atoms with Crippen LogP contribution in [0, 0.1) is 0 Å². The van der Waals surface area contributed by atoms with Gasteiger partial charge in [0.05, 0.1) is 18.9 Å². The Labute approximate surface area is 116 Å². The van der Waals surface area contributed by atoms with Gasteiger partial charge in [-0.3, -0.25) is 0 Å². The van der Waals surface area contributed by atoms with E-state index in [9.17, 15) is 4.79 Å². The zero-order valence-corrected chi connectivity index (χ0v) is 10.9. The molecule has 0 saturated carbocycles. The van der Waals surface area contributed by atoms with Gasteiger partial charge in [-0.05, 0) is 24.3 Å². The Morgan fingerprint density at radius 3 is 3.10 bits per heavy atom. The van der Waals surface area contributed by atoms with Gasteiger partial charge in [0.2, 0.25) is 0 Å². The average Bonchev–Trinajstić information content (AvgIpc) is 3.09. The van der Waals surface area contributed by atoms with Gasteiger partial charge in [0.1, 0.15) is 6.10 Å². The predicted octanol–water partition coefficient (Wildman–Crippen LogP) is 1.40. The van der Waals surface area contributed by atoms with Crippen molar-refractivity contribution >= 4 is 11.7 Å². The molecule has 20 heavy (non-hydrogen) atoms. The van der Waals surface area contributed by atoms with Crippen molar-refractivity contribution < 1.29 is 14.3 Å². The van der Waals surface area contributed by atoms with E-state index >= 15 is 0 Å². The number of hydrogen-bond acceptors (Lipinski definition) is 5. The standard InChI is InChI=1S/C14H15N3O3/c15-10-2-1-3-11(8-10)17-6-4-13(16-17)14(18)20-12-5-7-19-9-12/h1-4,6,8,12H,5,7,9,15H2. The molecular weight excluding hydrogens is 258 g/mol. The van der Waals surface area contributed by atoms with Crippen LogP contribution in [0.3, 0.4) is 0 Å². The number of anilines is 1. The number of carbonyl (C=O) groups is 1. The summed E-state index contributed by atoms with van der Waals surface area (Å²) in [6, 6.07) is 8.90. The van der Waals surface area contributed by atoms with Crippen molar-refractivity contribution in [3.63, 3.8) is 0 Å². The maximum absolute atomic E-state index is 11.9. The van der Waals surface area contributed by atoms with Gasteiger partial charge in [-0.15, -0.1) is 0 Å². The topological polar surface area (TPSA) is 79.4 Å². The molecule has 1 aromatic carbocycles. The van der Waals surface area contributed by atoms with E-state index < -0.39 is 5.97 Å². The van der Waals surface area contributed by atoms with Gasteiger partial charge in [0.15, 0.2) is 5.69 Å². The van der Waals surface area contributed by atoms with Gasteiger partial charge < -0.3 is 15.2 Å². The molecule has 2 aromatic rings. The Morgan fingerprint density at radius 2 is 2.35 bits per heavy atom. The van der Waals surface area contributed by atoms with Crippen LogP contribution in [-0.2, 0) is 9.47 Å². The minimum atomic E-state index is -0.428. The summed E-state index contributed by atoms with van der Waals surface area (Å²) in [4.78, 5) is 11.9. The van der Waals surface area contributed by atoms with Crippen LogP contribution >= 0.6 is 0 Å². The van der Waals surface area contributed by atoms with Crippen LogP contribution in [-0.4, -0.2) is 35.1 Å². The maximum atomic E-state index is 11.9. The summed E-state index contributed by atoms with van der Waals surface area (Å²) in [7, 11) is 0. The summed E-state index contributed by atoms with van der Waals surface area (Å²) in [5.41, 5.74) is 7.44. The quantitative estimate of drug-likeness (QED) is 0.675. The second-order valence-electron chi connectivity index (χ2n) is 4.63. The van der Waals surface area contributed by atoms with Crippen molar-refractivity contribution in [2.24, 2.45) is 0 Å². The summed E-state index contributed by atoms with van der Waals surface area (Å²) in [5, 5.41) is 4.21. The molecule has 1 aromatic heterocycles. The first-order valence-electron chi connectivity index (χ1n) is 6.43. The molecule has 1 fully saturated rings. The van der Waals surface area contributed by atoms with E-state index in [1.807, 2.05) is 12.1 Å². The molecule has 0 spiro atoms. The minimum absolute atomic E-state index is 0.167. The van der Waals surface area contributed by atoms with Crippen molar-refractivity contribution in [3.8, 4) is 5.69 Å². The highest BCUT2D eigenvalue weighted by atomic mass is 16.6. The van der Waals surface area contributed by atoms with Crippen molar-refractivity contribution in [2.75, 3.05) is 18.9 Å². The highest BCUT2D eigenvalue weighted by Crippen LogP contribution is 2.14. The maximum Gasteiger partial charge on any atom is 0.359 e. The third-order valence-electron chi connectivity index (χ3n) is 3.09. The molecule has 0 amide bonds. The zero-order chi connectivity index (χ0) is 13.9. The molecule has 0 bridgehead atoms. The first-order chi connectivity index (χ1) is 9.72. The molecular formula is C14H15N3O3. The van der Waals surface area contributed by atoms with E-state index in [0.717, 1.165) is 12.1 Å². The van der Waals surface area contributed by atoms with E-state index in [0.29, 0.717) is 18.9 Å². The molecule has 6 nitrogen and oxygen atoms in total. The van der Waals surface area contributed by atoms with E-state index in [4.69, 9.17) is 15.2 Å². The van der Waals surface area contributed by atoms with Crippen LogP contribution in [0.4, 0.5) is 5.69 Å². The lowest BCUT2D eigenvalue weighted by molar-refractivity contribution is 0.0263.